The van der Waals surface area contributed by atoms with Crippen LogP contribution >= 0.6 is 0 Å². The van der Waals surface area contributed by atoms with Crippen molar-refractivity contribution in [2.24, 2.45) is 5.92 Å². The van der Waals surface area contributed by atoms with Gasteiger partial charge in [0.1, 0.15) is 11.9 Å². The molecule has 1 N–H and O–H groups in total. The monoisotopic (exact) mass is 372 g/mol. The molecule has 0 aromatic heterocycles. The van der Waals surface area contributed by atoms with Crippen LogP contribution < -0.4 is 4.74 Å². The van der Waals surface area contributed by atoms with E-state index in [1.165, 1.54) is 0 Å². The molecule has 146 valence electrons. The standard InChI is InChI=1S/C21H28N2O4/c24-14-17-2-1-11-23(17)21(26)16-5-7-18(8-6-16)27-19-9-12-22(13-10-19)20(25)15-3-4-15/h5-8,15,17,19,24H,1-4,9-14H2/t17-/m0/s1. The molecule has 3 aliphatic rings. The lowest BCUT2D eigenvalue weighted by Gasteiger charge is -2.32. The van der Waals surface area contributed by atoms with E-state index in [2.05, 4.69) is 0 Å². The Balaban J connectivity index is 1.29. The number of likely N-dealkylation sites (tertiary alicyclic amines) is 2. The number of piperidine rings is 1. The highest BCUT2D eigenvalue weighted by molar-refractivity contribution is 5.94. The maximum atomic E-state index is 12.6. The maximum absolute atomic E-state index is 12.6. The van der Waals surface area contributed by atoms with Crippen molar-refractivity contribution in [1.82, 2.24) is 9.80 Å². The van der Waals surface area contributed by atoms with Gasteiger partial charge in [0.05, 0.1) is 12.6 Å². The number of rotatable bonds is 5. The molecule has 2 amide bonds. The Morgan fingerprint density at radius 3 is 2.33 bits per heavy atom. The molecule has 27 heavy (non-hydrogen) atoms. The molecule has 0 spiro atoms. The molecule has 0 bridgehead atoms. The molecule has 1 atom stereocenters. The summed E-state index contributed by atoms with van der Waals surface area (Å²) in [6.07, 6.45) is 5.74. The maximum Gasteiger partial charge on any atom is 0.254 e. The molecule has 1 aromatic carbocycles. The second kappa shape index (κ2) is 7.89. The first-order chi connectivity index (χ1) is 13.2. The lowest BCUT2D eigenvalue weighted by Crippen LogP contribution is -2.42. The van der Waals surface area contributed by atoms with Crippen LogP contribution in [0.4, 0.5) is 0 Å². The highest BCUT2D eigenvalue weighted by Gasteiger charge is 2.35. The predicted molar refractivity (Wildman–Crippen MR) is 101 cm³/mol. The summed E-state index contributed by atoms with van der Waals surface area (Å²) in [5.74, 6) is 1.34. The highest BCUT2D eigenvalue weighted by atomic mass is 16.5. The van der Waals surface area contributed by atoms with Crippen LogP contribution in [0, 0.1) is 5.92 Å². The first-order valence-corrected chi connectivity index (χ1v) is 10.1. The van der Waals surface area contributed by atoms with E-state index in [1.54, 1.807) is 17.0 Å². The molecule has 3 fully saturated rings. The lowest BCUT2D eigenvalue weighted by atomic mass is 10.1. The zero-order valence-corrected chi connectivity index (χ0v) is 15.7. The van der Waals surface area contributed by atoms with Crippen LogP contribution in [0.15, 0.2) is 24.3 Å². The van der Waals surface area contributed by atoms with Gasteiger partial charge in [0.2, 0.25) is 5.91 Å². The van der Waals surface area contributed by atoms with Gasteiger partial charge in [-0.1, -0.05) is 0 Å². The van der Waals surface area contributed by atoms with Gasteiger partial charge in [-0.05, 0) is 49.9 Å². The first-order valence-electron chi connectivity index (χ1n) is 10.1. The van der Waals surface area contributed by atoms with Crippen molar-refractivity contribution in [2.75, 3.05) is 26.2 Å². The van der Waals surface area contributed by atoms with Crippen LogP contribution in [0.1, 0.15) is 48.9 Å². The summed E-state index contributed by atoms with van der Waals surface area (Å²) in [4.78, 5) is 28.5. The van der Waals surface area contributed by atoms with Crippen molar-refractivity contribution in [2.45, 2.75) is 50.7 Å². The molecular weight excluding hydrogens is 344 g/mol. The quantitative estimate of drug-likeness (QED) is 0.859. The molecule has 1 aliphatic carbocycles. The molecule has 1 aromatic rings. The third-order valence-corrected chi connectivity index (χ3v) is 5.93. The summed E-state index contributed by atoms with van der Waals surface area (Å²) in [6.45, 7) is 2.28. The average molecular weight is 372 g/mol. The zero-order valence-electron chi connectivity index (χ0n) is 15.7. The topological polar surface area (TPSA) is 70.1 Å². The van der Waals surface area contributed by atoms with E-state index in [4.69, 9.17) is 4.74 Å². The fourth-order valence-electron chi connectivity index (χ4n) is 4.11. The molecule has 6 nitrogen and oxygen atoms in total. The molecule has 2 saturated heterocycles. The number of hydrogen-bond acceptors (Lipinski definition) is 4. The molecule has 2 heterocycles. The minimum Gasteiger partial charge on any atom is -0.490 e. The van der Waals surface area contributed by atoms with Crippen molar-refractivity contribution in [3.05, 3.63) is 29.8 Å². The van der Waals surface area contributed by atoms with Crippen LogP contribution in [-0.2, 0) is 4.79 Å². The Hall–Kier alpha value is -2.08. The third-order valence-electron chi connectivity index (χ3n) is 5.93. The van der Waals surface area contributed by atoms with Crippen LogP contribution in [0.25, 0.3) is 0 Å². The fraction of sp³-hybridized carbons (Fsp3) is 0.619. The van der Waals surface area contributed by atoms with E-state index in [0.717, 1.165) is 57.4 Å². The summed E-state index contributed by atoms with van der Waals surface area (Å²) in [5.41, 5.74) is 0.632. The molecule has 1 saturated carbocycles. The number of hydrogen-bond donors (Lipinski definition) is 1. The summed E-state index contributed by atoms with van der Waals surface area (Å²) in [6, 6.07) is 7.24. The van der Waals surface area contributed by atoms with Crippen LogP contribution in [0.2, 0.25) is 0 Å². The predicted octanol–water partition coefficient (Wildman–Crippen LogP) is 2.06. The normalized spacial score (nSPS) is 23.5. The van der Waals surface area contributed by atoms with Crippen LogP contribution in [0.5, 0.6) is 5.75 Å². The molecular formula is C21H28N2O4. The molecule has 0 unspecified atom stereocenters. The van der Waals surface area contributed by atoms with Gasteiger partial charge in [0.25, 0.3) is 5.91 Å². The van der Waals surface area contributed by atoms with E-state index in [0.29, 0.717) is 18.0 Å². The van der Waals surface area contributed by atoms with E-state index >= 15 is 0 Å². The number of aliphatic hydroxyl groups excluding tert-OH is 1. The summed E-state index contributed by atoms with van der Waals surface area (Å²) in [7, 11) is 0. The van der Waals surface area contributed by atoms with Gasteiger partial charge in [-0.3, -0.25) is 9.59 Å². The number of benzene rings is 1. The van der Waals surface area contributed by atoms with Crippen molar-refractivity contribution < 1.29 is 19.4 Å². The van der Waals surface area contributed by atoms with Crippen molar-refractivity contribution in [3.63, 3.8) is 0 Å². The van der Waals surface area contributed by atoms with Gasteiger partial charge in [-0.2, -0.15) is 0 Å². The number of amides is 2. The average Bonchev–Trinajstić information content (AvgIpc) is 3.45. The Kier molecular flexibility index (Phi) is 5.34. The molecule has 2 aliphatic heterocycles. The van der Waals surface area contributed by atoms with E-state index < -0.39 is 0 Å². The zero-order chi connectivity index (χ0) is 18.8. The number of nitrogens with zero attached hydrogens (tertiary/aromatic N) is 2. The fourth-order valence-corrected chi connectivity index (χ4v) is 4.11. The number of ether oxygens (including phenoxy) is 1. The molecule has 6 heteroatoms. The van der Waals surface area contributed by atoms with Gasteiger partial charge in [0, 0.05) is 44.0 Å². The smallest absolute Gasteiger partial charge is 0.254 e. The van der Waals surface area contributed by atoms with Crippen LogP contribution in [0.3, 0.4) is 0 Å². The Morgan fingerprint density at radius 1 is 1.00 bits per heavy atom. The Labute approximate surface area is 160 Å². The van der Waals surface area contributed by atoms with E-state index in [1.807, 2.05) is 17.0 Å². The second-order valence-electron chi connectivity index (χ2n) is 7.92. The lowest BCUT2D eigenvalue weighted by molar-refractivity contribution is -0.134. The summed E-state index contributed by atoms with van der Waals surface area (Å²) in [5, 5.41) is 9.41. The minimum absolute atomic E-state index is 0.0227. The van der Waals surface area contributed by atoms with Gasteiger partial charge in [0.15, 0.2) is 0 Å². The van der Waals surface area contributed by atoms with Gasteiger partial charge in [-0.15, -0.1) is 0 Å². The van der Waals surface area contributed by atoms with Crippen LogP contribution in [-0.4, -0.2) is 65.1 Å². The molecule has 4 rings (SSSR count). The molecule has 0 radical (unpaired) electrons. The van der Waals surface area contributed by atoms with Crippen molar-refractivity contribution >= 4 is 11.8 Å². The number of aliphatic hydroxyl groups is 1. The minimum atomic E-state index is -0.0584. The van der Waals surface area contributed by atoms with Gasteiger partial charge < -0.3 is 19.6 Å². The van der Waals surface area contributed by atoms with E-state index in [9.17, 15) is 14.7 Å². The second-order valence-corrected chi connectivity index (χ2v) is 7.92. The third kappa shape index (κ3) is 4.10. The summed E-state index contributed by atoms with van der Waals surface area (Å²) >= 11 is 0. The SMILES string of the molecule is O=C(C1CC1)N1CCC(Oc2ccc(C(=O)N3CCC[C@H]3CO)cc2)CC1. The Bertz CT molecular complexity index is 678. The van der Waals surface area contributed by atoms with E-state index in [-0.39, 0.29) is 30.6 Å². The number of carbonyl (C=O) groups is 2. The Morgan fingerprint density at radius 2 is 1.70 bits per heavy atom. The van der Waals surface area contributed by atoms with Crippen molar-refractivity contribution in [1.29, 1.82) is 0 Å². The van der Waals surface area contributed by atoms with Gasteiger partial charge >= 0.3 is 0 Å². The summed E-state index contributed by atoms with van der Waals surface area (Å²) < 4.78 is 6.06. The largest absolute Gasteiger partial charge is 0.490 e. The number of carbonyl (C=O) groups excluding carboxylic acids is 2. The highest BCUT2D eigenvalue weighted by Crippen LogP contribution is 2.32. The first kappa shape index (κ1) is 18.3. The van der Waals surface area contributed by atoms with Crippen molar-refractivity contribution in [3.8, 4) is 5.75 Å². The van der Waals surface area contributed by atoms with Gasteiger partial charge in [-0.25, -0.2) is 0 Å².